The Balaban J connectivity index is 2.08. The molecule has 66 valence electrons. The van der Waals surface area contributed by atoms with Crippen molar-refractivity contribution in [1.29, 1.82) is 0 Å². The van der Waals surface area contributed by atoms with Crippen molar-refractivity contribution >= 4 is 0 Å². The van der Waals surface area contributed by atoms with E-state index in [2.05, 4.69) is 11.2 Å². The number of rotatable bonds is 2. The highest BCUT2D eigenvalue weighted by atomic mass is 16.3. The van der Waals surface area contributed by atoms with Crippen LogP contribution >= 0.6 is 0 Å². The van der Waals surface area contributed by atoms with E-state index < -0.39 is 0 Å². The number of nitrogens with one attached hydrogen (secondary N) is 1. The van der Waals surface area contributed by atoms with Gasteiger partial charge in [-0.3, -0.25) is 0 Å². The molecule has 2 nitrogen and oxygen atoms in total. The summed E-state index contributed by atoms with van der Waals surface area (Å²) < 4.78 is 0. The zero-order chi connectivity index (χ0) is 8.60. The van der Waals surface area contributed by atoms with E-state index in [-0.39, 0.29) is 5.54 Å². The van der Waals surface area contributed by atoms with Gasteiger partial charge in [0.15, 0.2) is 0 Å². The van der Waals surface area contributed by atoms with E-state index in [9.17, 15) is 0 Å². The van der Waals surface area contributed by atoms with E-state index in [0.717, 1.165) is 12.8 Å². The van der Waals surface area contributed by atoms with E-state index in [0.29, 0.717) is 18.6 Å². The molecule has 0 saturated carbocycles. The highest BCUT2D eigenvalue weighted by Crippen LogP contribution is 2.42. The molecule has 12 heavy (non-hydrogen) atoms. The average molecular weight is 165 g/mol. The molecule has 2 heterocycles. The average Bonchev–Trinajstić information content (AvgIpc) is 2.61. The van der Waals surface area contributed by atoms with Gasteiger partial charge in [0.2, 0.25) is 0 Å². The molecule has 0 radical (unpaired) electrons. The number of aliphatic hydroxyl groups excluding tert-OH is 1. The summed E-state index contributed by atoms with van der Waals surface area (Å²) in [5, 5.41) is 12.6. The summed E-state index contributed by atoms with van der Waals surface area (Å²) in [5.74, 6) is 3.18. The van der Waals surface area contributed by atoms with Crippen LogP contribution in [0.2, 0.25) is 0 Å². The predicted octanol–water partition coefficient (Wildman–Crippen LogP) is 0.513. The number of aliphatic hydroxyl groups is 1. The fourth-order valence-corrected chi connectivity index (χ4v) is 2.73. The molecule has 2 bridgehead atoms. The first-order valence-corrected chi connectivity index (χ1v) is 4.62. The molecular formula is C10H15NO. The van der Waals surface area contributed by atoms with Crippen molar-refractivity contribution < 1.29 is 5.11 Å². The van der Waals surface area contributed by atoms with Crippen molar-refractivity contribution in [1.82, 2.24) is 5.32 Å². The van der Waals surface area contributed by atoms with Crippen LogP contribution in [0.15, 0.2) is 0 Å². The Labute approximate surface area is 73.4 Å². The third-order valence-corrected chi connectivity index (χ3v) is 3.32. The normalized spacial score (nSPS) is 44.7. The number of terminal acetylenes is 1. The van der Waals surface area contributed by atoms with Crippen molar-refractivity contribution in [3.63, 3.8) is 0 Å². The molecule has 2 aliphatic rings. The molecule has 2 heteroatoms. The Kier molecular flexibility index (Phi) is 1.86. The van der Waals surface area contributed by atoms with E-state index in [4.69, 9.17) is 11.5 Å². The van der Waals surface area contributed by atoms with Crippen LogP contribution in [0.4, 0.5) is 0 Å². The molecule has 0 aliphatic carbocycles. The molecule has 2 N–H and O–H groups in total. The summed E-state index contributed by atoms with van der Waals surface area (Å²) in [6.07, 6.45) is 9.59. The summed E-state index contributed by atoms with van der Waals surface area (Å²) in [5.41, 5.74) is 0.187. The van der Waals surface area contributed by atoms with Gasteiger partial charge in [0.1, 0.15) is 0 Å². The second-order valence-corrected chi connectivity index (χ2v) is 4.10. The van der Waals surface area contributed by atoms with Crippen LogP contribution in [0, 0.1) is 18.3 Å². The van der Waals surface area contributed by atoms with Gasteiger partial charge in [-0.1, -0.05) is 0 Å². The first-order valence-electron chi connectivity index (χ1n) is 4.62. The van der Waals surface area contributed by atoms with Crippen molar-refractivity contribution in [3.8, 4) is 12.3 Å². The largest absolute Gasteiger partial charge is 0.396 e. The summed E-state index contributed by atoms with van der Waals surface area (Å²) in [6.45, 7) is 0.310. The van der Waals surface area contributed by atoms with Gasteiger partial charge >= 0.3 is 0 Å². The molecule has 2 saturated heterocycles. The van der Waals surface area contributed by atoms with Gasteiger partial charge in [-0.2, -0.15) is 0 Å². The topological polar surface area (TPSA) is 32.3 Å². The molecular weight excluding hydrogens is 150 g/mol. The molecule has 3 unspecified atom stereocenters. The lowest BCUT2D eigenvalue weighted by Crippen LogP contribution is -2.35. The number of fused-ring (bicyclic) bond motifs is 2. The van der Waals surface area contributed by atoms with E-state index in [1.165, 1.54) is 12.8 Å². The van der Waals surface area contributed by atoms with E-state index in [1.807, 2.05) is 0 Å². The third-order valence-electron chi connectivity index (χ3n) is 3.32. The Hall–Kier alpha value is -0.520. The Morgan fingerprint density at radius 3 is 3.08 bits per heavy atom. The Morgan fingerprint density at radius 1 is 1.67 bits per heavy atom. The quantitative estimate of drug-likeness (QED) is 0.584. The van der Waals surface area contributed by atoms with Crippen LogP contribution in [0.5, 0.6) is 0 Å². The minimum Gasteiger partial charge on any atom is -0.396 e. The first kappa shape index (κ1) is 8.10. The minimum absolute atomic E-state index is 0.187. The molecule has 0 aromatic carbocycles. The van der Waals surface area contributed by atoms with Gasteiger partial charge in [0.05, 0.1) is 0 Å². The zero-order valence-electron chi connectivity index (χ0n) is 7.21. The van der Waals surface area contributed by atoms with Crippen LogP contribution < -0.4 is 5.32 Å². The fraction of sp³-hybridized carbons (Fsp3) is 0.800. The van der Waals surface area contributed by atoms with Gasteiger partial charge in [-0.05, 0) is 25.2 Å². The molecule has 2 fully saturated rings. The Morgan fingerprint density at radius 2 is 2.50 bits per heavy atom. The first-order chi connectivity index (χ1) is 5.79. The van der Waals surface area contributed by atoms with Gasteiger partial charge in [-0.25, -0.2) is 0 Å². The molecule has 2 rings (SSSR count). The van der Waals surface area contributed by atoms with Crippen LogP contribution in [0.1, 0.15) is 25.7 Å². The van der Waals surface area contributed by atoms with Crippen molar-refractivity contribution in [2.45, 2.75) is 37.3 Å². The molecule has 0 aromatic rings. The maximum absolute atomic E-state index is 9.08. The van der Waals surface area contributed by atoms with Crippen LogP contribution in [0.3, 0.4) is 0 Å². The summed E-state index contributed by atoms with van der Waals surface area (Å²) in [6, 6.07) is 0.531. The second kappa shape index (κ2) is 2.76. The van der Waals surface area contributed by atoms with Crippen LogP contribution in [-0.2, 0) is 0 Å². The predicted molar refractivity (Wildman–Crippen MR) is 47.5 cm³/mol. The van der Waals surface area contributed by atoms with Crippen LogP contribution in [-0.4, -0.2) is 23.3 Å². The van der Waals surface area contributed by atoms with Crippen molar-refractivity contribution in [2.75, 3.05) is 6.61 Å². The van der Waals surface area contributed by atoms with Crippen molar-refractivity contribution in [2.24, 2.45) is 5.92 Å². The maximum Gasteiger partial charge on any atom is 0.0474 e. The minimum atomic E-state index is 0.187. The van der Waals surface area contributed by atoms with Crippen LogP contribution in [0.25, 0.3) is 0 Å². The van der Waals surface area contributed by atoms with E-state index in [1.54, 1.807) is 0 Å². The third kappa shape index (κ3) is 1.05. The van der Waals surface area contributed by atoms with Crippen molar-refractivity contribution in [3.05, 3.63) is 0 Å². The molecule has 2 aliphatic heterocycles. The monoisotopic (exact) mass is 165 g/mol. The zero-order valence-corrected chi connectivity index (χ0v) is 7.21. The highest BCUT2D eigenvalue weighted by molar-refractivity contribution is 5.12. The lowest BCUT2D eigenvalue weighted by atomic mass is 9.80. The highest BCUT2D eigenvalue weighted by Gasteiger charge is 2.48. The number of hydrogen-bond acceptors (Lipinski definition) is 2. The summed E-state index contributed by atoms with van der Waals surface area (Å²) in [4.78, 5) is 0. The molecule has 3 atom stereocenters. The maximum atomic E-state index is 9.08. The molecule has 0 spiro atoms. The molecule has 0 amide bonds. The number of hydrogen-bond donors (Lipinski definition) is 2. The van der Waals surface area contributed by atoms with Gasteiger partial charge in [-0.15, -0.1) is 12.3 Å². The second-order valence-electron chi connectivity index (χ2n) is 4.10. The summed E-state index contributed by atoms with van der Waals surface area (Å²) >= 11 is 0. The van der Waals surface area contributed by atoms with Gasteiger partial charge < -0.3 is 10.4 Å². The van der Waals surface area contributed by atoms with E-state index >= 15 is 0 Å². The lowest BCUT2D eigenvalue weighted by molar-refractivity contribution is 0.193. The lowest BCUT2D eigenvalue weighted by Gasteiger charge is -2.25. The fourth-order valence-electron chi connectivity index (χ4n) is 2.73. The smallest absolute Gasteiger partial charge is 0.0474 e. The Bertz CT molecular complexity index is 220. The SMILES string of the molecule is C#CCC12CCC(N1)C(CO)C2. The van der Waals surface area contributed by atoms with Gasteiger partial charge in [0.25, 0.3) is 0 Å². The standard InChI is InChI=1S/C10H15NO/c1-2-4-10-5-3-9(11-10)8(6-10)7-12/h1,8-9,11-12H,3-7H2. The summed E-state index contributed by atoms with van der Waals surface area (Å²) in [7, 11) is 0. The molecule has 0 aromatic heterocycles. The van der Waals surface area contributed by atoms with Gasteiger partial charge in [0, 0.05) is 24.6 Å².